The number of methoxy groups -OCH3 is 1. The maximum absolute atomic E-state index is 13.2. The average Bonchev–Trinajstić information content (AvgIpc) is 3.31. The van der Waals surface area contributed by atoms with Gasteiger partial charge in [-0.25, -0.2) is 9.79 Å². The molecule has 0 spiro atoms. The number of hydrogen-bond acceptors (Lipinski definition) is 7. The van der Waals surface area contributed by atoms with Crippen LogP contribution in [-0.4, -0.2) is 59.6 Å². The van der Waals surface area contributed by atoms with Crippen LogP contribution in [-0.2, 0) is 21.7 Å². The van der Waals surface area contributed by atoms with Crippen LogP contribution in [0.15, 0.2) is 33.7 Å². The monoisotopic (exact) mass is 475 g/mol. The van der Waals surface area contributed by atoms with Crippen molar-refractivity contribution < 1.29 is 28.3 Å². The predicted molar refractivity (Wildman–Crippen MR) is 119 cm³/mol. The normalized spacial score (nSPS) is 28.1. The zero-order valence-corrected chi connectivity index (χ0v) is 18.8. The fraction of sp³-hybridized carbons (Fsp3) is 0.375. The molecule has 35 heavy (non-hydrogen) atoms. The van der Waals surface area contributed by atoms with Gasteiger partial charge in [0, 0.05) is 43.0 Å². The van der Waals surface area contributed by atoms with Crippen LogP contribution in [0.25, 0.3) is 0 Å². The van der Waals surface area contributed by atoms with Crippen molar-refractivity contribution in [3.05, 3.63) is 46.9 Å². The second-order valence-electron chi connectivity index (χ2n) is 9.57. The Labute approximate surface area is 199 Å². The van der Waals surface area contributed by atoms with Crippen LogP contribution < -0.4 is 15.4 Å². The molecule has 0 radical (unpaired) electrons. The van der Waals surface area contributed by atoms with Gasteiger partial charge in [0.1, 0.15) is 28.8 Å². The lowest BCUT2D eigenvalue weighted by atomic mass is 9.95. The van der Waals surface area contributed by atoms with Gasteiger partial charge in [-0.3, -0.25) is 24.6 Å². The summed E-state index contributed by atoms with van der Waals surface area (Å²) in [6.45, 7) is 0.835. The Hall–Kier alpha value is -4.15. The van der Waals surface area contributed by atoms with Gasteiger partial charge >= 0.3 is 6.03 Å². The van der Waals surface area contributed by atoms with Crippen LogP contribution in [0.3, 0.4) is 0 Å². The number of amidine groups is 1. The summed E-state index contributed by atoms with van der Waals surface area (Å²) in [6.07, 6.45) is 1.34. The first kappa shape index (κ1) is 20.2. The van der Waals surface area contributed by atoms with Crippen LogP contribution >= 0.6 is 0 Å². The number of amides is 5. The Balaban J connectivity index is 1.25. The Kier molecular flexibility index (Phi) is 3.88. The van der Waals surface area contributed by atoms with Gasteiger partial charge in [-0.2, -0.15) is 0 Å². The fourth-order valence-electron chi connectivity index (χ4n) is 5.49. The molecule has 11 nitrogen and oxygen atoms in total. The number of aliphatic imine (C=N–C) groups is 1. The van der Waals surface area contributed by atoms with Gasteiger partial charge in [0.15, 0.2) is 5.54 Å². The number of hydrogen-bond donors (Lipinski definition) is 2. The number of carbonyl (C=O) groups is 4. The zero-order valence-electron chi connectivity index (χ0n) is 18.8. The number of rotatable bonds is 4. The molecule has 5 amide bonds. The molecule has 2 saturated heterocycles. The summed E-state index contributed by atoms with van der Waals surface area (Å²) in [5.74, 6) is 1.59. The number of urea groups is 1. The SMILES string of the molecule is COc1ccc2c(c1)C(=O)N(C[C@@]1(c3cc4c(o3)C3CC3C(N3CCC3=O)=N4)NC(=O)NC1=O)C2. The van der Waals surface area contributed by atoms with Gasteiger partial charge in [-0.1, -0.05) is 6.07 Å². The lowest BCUT2D eigenvalue weighted by Gasteiger charge is -2.32. The van der Waals surface area contributed by atoms with Gasteiger partial charge in [0.2, 0.25) is 5.91 Å². The van der Waals surface area contributed by atoms with Crippen LogP contribution in [0.1, 0.15) is 46.2 Å². The topological polar surface area (TPSA) is 134 Å². The Morgan fingerprint density at radius 2 is 2.06 bits per heavy atom. The Morgan fingerprint density at radius 3 is 2.74 bits per heavy atom. The standard InChI is InChI=1S/C24H21N5O6/c1-34-12-3-2-11-9-28(21(31)13(11)6-12)10-24(22(32)26-23(33)27-24)17-8-16-19(35-17)14-7-15(14)20(25-16)29-5-4-18(29)30/h2-3,6,8,14-15H,4-5,7,9-10H2,1H3,(H2,26,27,32,33)/t14?,15?,24-/m0/s1. The first-order valence-electron chi connectivity index (χ1n) is 11.5. The summed E-state index contributed by atoms with van der Waals surface area (Å²) < 4.78 is 11.4. The van der Waals surface area contributed by atoms with E-state index in [0.717, 1.165) is 17.8 Å². The van der Waals surface area contributed by atoms with Gasteiger partial charge < -0.3 is 19.4 Å². The summed E-state index contributed by atoms with van der Waals surface area (Å²) in [5.41, 5.74) is 0.270. The van der Waals surface area contributed by atoms with Crippen molar-refractivity contribution in [1.29, 1.82) is 0 Å². The number of ether oxygens (including phenoxy) is 1. The van der Waals surface area contributed by atoms with E-state index >= 15 is 0 Å². The number of furan rings is 1. The average molecular weight is 475 g/mol. The number of nitrogens with one attached hydrogen (secondary N) is 2. The van der Waals surface area contributed by atoms with Gasteiger partial charge in [0.25, 0.3) is 11.8 Å². The Morgan fingerprint density at radius 1 is 1.20 bits per heavy atom. The summed E-state index contributed by atoms with van der Waals surface area (Å²) in [7, 11) is 1.53. The lowest BCUT2D eigenvalue weighted by Crippen LogP contribution is -2.52. The van der Waals surface area contributed by atoms with Crippen molar-refractivity contribution in [2.24, 2.45) is 10.9 Å². The molecule has 4 aliphatic heterocycles. The highest BCUT2D eigenvalue weighted by Gasteiger charge is 2.56. The minimum atomic E-state index is -1.59. The Bertz CT molecular complexity index is 1390. The summed E-state index contributed by atoms with van der Waals surface area (Å²) in [5, 5.41) is 5.00. The molecule has 1 aromatic heterocycles. The second kappa shape index (κ2) is 6.71. The molecule has 1 aliphatic carbocycles. The quantitative estimate of drug-likeness (QED) is 0.507. The highest BCUT2D eigenvalue weighted by atomic mass is 16.5. The smallest absolute Gasteiger partial charge is 0.322 e. The third kappa shape index (κ3) is 2.74. The highest BCUT2D eigenvalue weighted by Crippen LogP contribution is 2.57. The van der Waals surface area contributed by atoms with Gasteiger partial charge in [-0.15, -0.1) is 0 Å². The van der Waals surface area contributed by atoms with E-state index < -0.39 is 17.5 Å². The largest absolute Gasteiger partial charge is 0.497 e. The van der Waals surface area contributed by atoms with E-state index in [1.54, 1.807) is 23.1 Å². The molecule has 178 valence electrons. The molecule has 7 rings (SSSR count). The lowest BCUT2D eigenvalue weighted by molar-refractivity contribution is -0.134. The maximum Gasteiger partial charge on any atom is 0.322 e. The van der Waals surface area contributed by atoms with Gasteiger partial charge in [-0.05, 0) is 24.1 Å². The number of fused-ring (bicyclic) bond motifs is 4. The molecule has 5 aliphatic rings. The van der Waals surface area contributed by atoms with E-state index in [-0.39, 0.29) is 42.5 Å². The van der Waals surface area contributed by atoms with Crippen molar-refractivity contribution in [3.8, 4) is 5.75 Å². The number of likely N-dealkylation sites (tertiary alicyclic amines) is 1. The number of carbonyl (C=O) groups excluding carboxylic acids is 4. The number of imide groups is 1. The molecule has 11 heteroatoms. The molecule has 2 N–H and O–H groups in total. The maximum atomic E-state index is 13.2. The molecule has 0 bridgehead atoms. The van der Waals surface area contributed by atoms with Crippen LogP contribution in [0.4, 0.5) is 10.5 Å². The van der Waals surface area contributed by atoms with E-state index in [4.69, 9.17) is 14.1 Å². The minimum absolute atomic E-state index is 0.0595. The summed E-state index contributed by atoms with van der Waals surface area (Å²) in [4.78, 5) is 58.5. The minimum Gasteiger partial charge on any atom is -0.497 e. The molecule has 3 fully saturated rings. The van der Waals surface area contributed by atoms with Crippen molar-refractivity contribution in [1.82, 2.24) is 20.4 Å². The molecule has 3 atom stereocenters. The second-order valence-corrected chi connectivity index (χ2v) is 9.57. The van der Waals surface area contributed by atoms with E-state index in [1.807, 2.05) is 6.07 Å². The molecular formula is C24H21N5O6. The summed E-state index contributed by atoms with van der Waals surface area (Å²) >= 11 is 0. The van der Waals surface area contributed by atoms with Crippen molar-refractivity contribution in [2.75, 3.05) is 20.2 Å². The van der Waals surface area contributed by atoms with Crippen molar-refractivity contribution >= 4 is 35.3 Å². The van der Waals surface area contributed by atoms with E-state index in [1.165, 1.54) is 12.0 Å². The highest BCUT2D eigenvalue weighted by molar-refractivity contribution is 6.09. The molecule has 1 saturated carbocycles. The first-order valence-corrected chi connectivity index (χ1v) is 11.5. The molecule has 2 unspecified atom stereocenters. The van der Waals surface area contributed by atoms with Crippen LogP contribution in [0.5, 0.6) is 5.75 Å². The zero-order chi connectivity index (χ0) is 24.1. The third-order valence-electron chi connectivity index (χ3n) is 7.55. The number of nitrogens with zero attached hydrogens (tertiary/aromatic N) is 3. The van der Waals surface area contributed by atoms with Gasteiger partial charge in [0.05, 0.1) is 13.7 Å². The van der Waals surface area contributed by atoms with E-state index in [9.17, 15) is 19.2 Å². The van der Waals surface area contributed by atoms with E-state index in [0.29, 0.717) is 35.7 Å². The fourth-order valence-corrected chi connectivity index (χ4v) is 5.49. The van der Waals surface area contributed by atoms with Crippen molar-refractivity contribution in [2.45, 2.75) is 30.8 Å². The third-order valence-corrected chi connectivity index (χ3v) is 7.55. The van der Waals surface area contributed by atoms with Crippen LogP contribution in [0, 0.1) is 5.92 Å². The molecule has 1 aromatic carbocycles. The number of β-lactam (4-membered cyclic amide) rings is 1. The van der Waals surface area contributed by atoms with E-state index in [2.05, 4.69) is 10.6 Å². The first-order chi connectivity index (χ1) is 16.9. The number of benzene rings is 1. The summed E-state index contributed by atoms with van der Waals surface area (Å²) in [6, 6.07) is 6.26. The molecular weight excluding hydrogens is 454 g/mol. The molecule has 2 aromatic rings. The van der Waals surface area contributed by atoms with Crippen LogP contribution in [0.2, 0.25) is 0 Å². The predicted octanol–water partition coefficient (Wildman–Crippen LogP) is 1.36. The molecule has 5 heterocycles. The van der Waals surface area contributed by atoms with Crippen molar-refractivity contribution in [3.63, 3.8) is 0 Å².